The molecule has 0 aliphatic heterocycles. The third-order valence-electron chi connectivity index (χ3n) is 3.34. The minimum Gasteiger partial charge on any atom is -0.370 e. The van der Waals surface area contributed by atoms with Crippen molar-refractivity contribution in [3.05, 3.63) is 47.5 Å². The second kappa shape index (κ2) is 6.35. The number of aromatic nitrogens is 2. The van der Waals surface area contributed by atoms with Crippen LogP contribution in [-0.4, -0.2) is 23.1 Å². The van der Waals surface area contributed by atoms with Crippen molar-refractivity contribution in [2.45, 2.75) is 19.9 Å². The van der Waals surface area contributed by atoms with Crippen LogP contribution >= 0.6 is 0 Å². The summed E-state index contributed by atoms with van der Waals surface area (Å²) >= 11 is 0. The van der Waals surface area contributed by atoms with E-state index in [0.717, 1.165) is 30.9 Å². The second-order valence-electron chi connectivity index (χ2n) is 4.84. The fourth-order valence-electron chi connectivity index (χ4n) is 2.22. The van der Waals surface area contributed by atoms with Gasteiger partial charge < -0.3 is 9.47 Å². The quantitative estimate of drug-likeness (QED) is 0.850. The van der Waals surface area contributed by atoms with Gasteiger partial charge in [-0.1, -0.05) is 0 Å². The van der Waals surface area contributed by atoms with Crippen LogP contribution in [0.4, 0.5) is 14.5 Å². The van der Waals surface area contributed by atoms with Gasteiger partial charge in [0.05, 0.1) is 11.6 Å². The van der Waals surface area contributed by atoms with Gasteiger partial charge in [-0.25, -0.2) is 13.8 Å². The molecule has 1 aromatic heterocycles. The maximum atomic E-state index is 13.9. The molecule has 0 bridgehead atoms. The number of aryl methyl sites for hydroxylation is 2. The van der Waals surface area contributed by atoms with Crippen molar-refractivity contribution in [1.29, 1.82) is 5.26 Å². The standard InChI is InChI=1S/C15H16F2N4/c1-11-19-4-7-21(11)6-3-5-20(2)15-13(16)8-12(10-18)9-14(15)17/h4,7-9H,3,5-6H2,1-2H3. The van der Waals surface area contributed by atoms with E-state index in [1.165, 1.54) is 4.90 Å². The Morgan fingerprint density at radius 1 is 1.33 bits per heavy atom. The molecule has 110 valence electrons. The highest BCUT2D eigenvalue weighted by Crippen LogP contribution is 2.24. The van der Waals surface area contributed by atoms with Crippen LogP contribution in [0.3, 0.4) is 0 Å². The molecule has 0 saturated carbocycles. The zero-order valence-electron chi connectivity index (χ0n) is 12.0. The molecule has 0 amide bonds. The molecule has 0 fully saturated rings. The van der Waals surface area contributed by atoms with Gasteiger partial charge in [-0.3, -0.25) is 0 Å². The van der Waals surface area contributed by atoms with Crippen molar-refractivity contribution in [3.8, 4) is 6.07 Å². The van der Waals surface area contributed by atoms with E-state index in [-0.39, 0.29) is 11.3 Å². The number of halogens is 2. The van der Waals surface area contributed by atoms with Crippen LogP contribution in [0.15, 0.2) is 24.5 Å². The van der Waals surface area contributed by atoms with E-state index in [2.05, 4.69) is 4.98 Å². The van der Waals surface area contributed by atoms with E-state index in [1.54, 1.807) is 19.3 Å². The Hall–Kier alpha value is -2.42. The van der Waals surface area contributed by atoms with Crippen molar-refractivity contribution in [3.63, 3.8) is 0 Å². The Morgan fingerprint density at radius 3 is 2.52 bits per heavy atom. The van der Waals surface area contributed by atoms with Crippen LogP contribution in [-0.2, 0) is 6.54 Å². The van der Waals surface area contributed by atoms with Gasteiger partial charge in [-0.15, -0.1) is 0 Å². The predicted octanol–water partition coefficient (Wildman–Crippen LogP) is 2.87. The lowest BCUT2D eigenvalue weighted by Crippen LogP contribution is -2.22. The lowest BCUT2D eigenvalue weighted by Gasteiger charge is -2.21. The maximum absolute atomic E-state index is 13.9. The third-order valence-corrected chi connectivity index (χ3v) is 3.34. The van der Waals surface area contributed by atoms with Crippen molar-refractivity contribution in [2.24, 2.45) is 0 Å². The topological polar surface area (TPSA) is 44.9 Å². The van der Waals surface area contributed by atoms with Crippen LogP contribution in [0.5, 0.6) is 0 Å². The summed E-state index contributed by atoms with van der Waals surface area (Å²) in [6.07, 6.45) is 4.32. The Labute approximate surface area is 122 Å². The van der Waals surface area contributed by atoms with Gasteiger partial charge in [0.15, 0.2) is 11.6 Å². The van der Waals surface area contributed by atoms with E-state index in [4.69, 9.17) is 5.26 Å². The molecule has 0 spiro atoms. The number of rotatable bonds is 5. The molecule has 6 heteroatoms. The van der Waals surface area contributed by atoms with E-state index in [0.29, 0.717) is 6.54 Å². The molecule has 0 atom stereocenters. The molecule has 0 radical (unpaired) electrons. The first kappa shape index (κ1) is 15.0. The van der Waals surface area contributed by atoms with Crippen molar-refractivity contribution < 1.29 is 8.78 Å². The molecule has 2 aromatic rings. The molecule has 21 heavy (non-hydrogen) atoms. The number of benzene rings is 1. The summed E-state index contributed by atoms with van der Waals surface area (Å²) in [5, 5.41) is 8.68. The number of nitriles is 1. The first-order valence-corrected chi connectivity index (χ1v) is 6.61. The minimum atomic E-state index is -0.715. The zero-order valence-corrected chi connectivity index (χ0v) is 12.0. The monoisotopic (exact) mass is 290 g/mol. The molecule has 0 N–H and O–H groups in total. The van der Waals surface area contributed by atoms with Gasteiger partial charge in [-0.05, 0) is 25.5 Å². The molecule has 2 rings (SSSR count). The molecule has 0 saturated heterocycles. The van der Waals surface area contributed by atoms with E-state index in [9.17, 15) is 8.78 Å². The van der Waals surface area contributed by atoms with Crippen LogP contribution in [0.2, 0.25) is 0 Å². The summed E-state index contributed by atoms with van der Waals surface area (Å²) in [5.74, 6) is -0.519. The van der Waals surface area contributed by atoms with Crippen molar-refractivity contribution >= 4 is 5.69 Å². The third kappa shape index (κ3) is 3.37. The number of hydrogen-bond acceptors (Lipinski definition) is 3. The second-order valence-corrected chi connectivity index (χ2v) is 4.84. The Kier molecular flexibility index (Phi) is 4.53. The zero-order chi connectivity index (χ0) is 15.4. The largest absolute Gasteiger partial charge is 0.370 e. The smallest absolute Gasteiger partial charge is 0.150 e. The highest BCUT2D eigenvalue weighted by Gasteiger charge is 2.15. The molecular formula is C15H16F2N4. The minimum absolute atomic E-state index is 0.0174. The molecule has 1 aromatic carbocycles. The Bertz CT molecular complexity index is 650. The first-order chi connectivity index (χ1) is 10.0. The number of hydrogen-bond donors (Lipinski definition) is 0. The molecule has 0 aliphatic carbocycles. The Balaban J connectivity index is 2.02. The summed E-state index contributed by atoms with van der Waals surface area (Å²) in [4.78, 5) is 5.64. The van der Waals surface area contributed by atoms with Gasteiger partial charge in [0.1, 0.15) is 11.5 Å². The van der Waals surface area contributed by atoms with Gasteiger partial charge >= 0.3 is 0 Å². The lowest BCUT2D eigenvalue weighted by molar-refractivity contribution is 0.565. The summed E-state index contributed by atoms with van der Waals surface area (Å²) < 4.78 is 29.7. The highest BCUT2D eigenvalue weighted by atomic mass is 19.1. The normalized spacial score (nSPS) is 10.4. The summed E-state index contributed by atoms with van der Waals surface area (Å²) in [6.45, 7) is 3.14. The van der Waals surface area contributed by atoms with E-state index in [1.807, 2.05) is 17.7 Å². The summed E-state index contributed by atoms with van der Waals surface area (Å²) in [6, 6.07) is 3.83. The number of anilines is 1. The van der Waals surface area contributed by atoms with Gasteiger partial charge in [0, 0.05) is 32.5 Å². The van der Waals surface area contributed by atoms with Crippen molar-refractivity contribution in [1.82, 2.24) is 9.55 Å². The SMILES string of the molecule is Cc1nccn1CCCN(C)c1c(F)cc(C#N)cc1F. The Morgan fingerprint density at radius 2 is 2.00 bits per heavy atom. The molecule has 4 nitrogen and oxygen atoms in total. The fraction of sp³-hybridized carbons (Fsp3) is 0.333. The average molecular weight is 290 g/mol. The first-order valence-electron chi connectivity index (χ1n) is 6.61. The van der Waals surface area contributed by atoms with Crippen molar-refractivity contribution in [2.75, 3.05) is 18.5 Å². The maximum Gasteiger partial charge on any atom is 0.150 e. The van der Waals surface area contributed by atoms with Crippen LogP contribution in [0, 0.1) is 29.9 Å². The molecule has 0 unspecified atom stereocenters. The van der Waals surface area contributed by atoms with Gasteiger partial charge in [0.25, 0.3) is 0 Å². The molecule has 0 aliphatic rings. The predicted molar refractivity (Wildman–Crippen MR) is 75.9 cm³/mol. The number of nitrogens with zero attached hydrogens (tertiary/aromatic N) is 4. The molecular weight excluding hydrogens is 274 g/mol. The van der Waals surface area contributed by atoms with Gasteiger partial charge in [-0.2, -0.15) is 5.26 Å². The highest BCUT2D eigenvalue weighted by molar-refractivity contribution is 5.52. The lowest BCUT2D eigenvalue weighted by atomic mass is 10.2. The molecule has 1 heterocycles. The van der Waals surface area contributed by atoms with E-state index >= 15 is 0 Å². The summed E-state index contributed by atoms with van der Waals surface area (Å²) in [5.41, 5.74) is -0.118. The average Bonchev–Trinajstić information content (AvgIpc) is 2.83. The summed E-state index contributed by atoms with van der Waals surface area (Å²) in [7, 11) is 1.63. The van der Waals surface area contributed by atoms with Crippen LogP contribution < -0.4 is 4.90 Å². The fourth-order valence-corrected chi connectivity index (χ4v) is 2.22. The number of imidazole rings is 1. The van der Waals surface area contributed by atoms with Crippen LogP contribution in [0.1, 0.15) is 17.8 Å². The van der Waals surface area contributed by atoms with E-state index < -0.39 is 11.6 Å². The van der Waals surface area contributed by atoms with Gasteiger partial charge in [0.2, 0.25) is 0 Å². The van der Waals surface area contributed by atoms with Crippen LogP contribution in [0.25, 0.3) is 0 Å².